The topological polar surface area (TPSA) is 84.5 Å². The second kappa shape index (κ2) is 8.55. The van der Waals surface area contributed by atoms with Gasteiger partial charge in [-0.25, -0.2) is 8.42 Å². The van der Waals surface area contributed by atoms with Crippen LogP contribution in [0.3, 0.4) is 0 Å². The Morgan fingerprint density at radius 3 is 2.48 bits per heavy atom. The Balaban J connectivity index is 1.85. The molecule has 3 aromatic rings. The van der Waals surface area contributed by atoms with E-state index in [-0.39, 0.29) is 10.5 Å². The Hall–Kier alpha value is -3.03. The number of anilines is 2. The van der Waals surface area contributed by atoms with E-state index in [4.69, 9.17) is 16.3 Å². The van der Waals surface area contributed by atoms with Crippen LogP contribution in [-0.2, 0) is 10.0 Å². The van der Waals surface area contributed by atoms with E-state index in [0.717, 1.165) is 5.56 Å². The lowest BCUT2D eigenvalue weighted by Crippen LogP contribution is -2.16. The van der Waals surface area contributed by atoms with E-state index in [0.29, 0.717) is 22.1 Å². The second-order valence-corrected chi connectivity index (χ2v) is 8.42. The highest BCUT2D eigenvalue weighted by Crippen LogP contribution is 2.26. The number of ether oxygens (including phenoxy) is 1. The number of nitrogens with one attached hydrogen (secondary N) is 2. The summed E-state index contributed by atoms with van der Waals surface area (Å²) in [7, 11) is -2.38. The normalized spacial score (nSPS) is 11.0. The summed E-state index contributed by atoms with van der Waals surface area (Å²) >= 11 is 5.90. The van der Waals surface area contributed by atoms with E-state index in [1.54, 1.807) is 30.3 Å². The molecular weight excluding hydrogens is 412 g/mol. The molecule has 8 heteroatoms. The predicted octanol–water partition coefficient (Wildman–Crippen LogP) is 4.71. The molecule has 0 aliphatic carbocycles. The molecule has 29 heavy (non-hydrogen) atoms. The van der Waals surface area contributed by atoms with Gasteiger partial charge in [-0.05, 0) is 61.0 Å². The number of hydrogen-bond acceptors (Lipinski definition) is 4. The van der Waals surface area contributed by atoms with Gasteiger partial charge in [0.2, 0.25) is 0 Å². The summed E-state index contributed by atoms with van der Waals surface area (Å²) in [5.74, 6) is 0.0593. The lowest BCUT2D eigenvalue weighted by Gasteiger charge is -2.12. The van der Waals surface area contributed by atoms with Crippen LogP contribution < -0.4 is 14.8 Å². The number of carbonyl (C=O) groups is 1. The molecule has 0 saturated carbocycles. The molecule has 0 unspecified atom stereocenters. The third kappa shape index (κ3) is 5.07. The van der Waals surface area contributed by atoms with Crippen molar-refractivity contribution in [2.24, 2.45) is 0 Å². The standard InChI is InChI=1S/C21H19ClN2O4S/c1-14-9-10-20(28-2)19(11-14)23-21(25)15-5-3-8-18(12-15)29(26,27)24-17-7-4-6-16(22)13-17/h3-13,24H,1-2H3,(H,23,25). The smallest absolute Gasteiger partial charge is 0.261 e. The van der Waals surface area contributed by atoms with Crippen LogP contribution in [-0.4, -0.2) is 21.4 Å². The van der Waals surface area contributed by atoms with Crippen molar-refractivity contribution in [2.45, 2.75) is 11.8 Å². The highest BCUT2D eigenvalue weighted by Gasteiger charge is 2.17. The van der Waals surface area contributed by atoms with Gasteiger partial charge in [0.25, 0.3) is 15.9 Å². The van der Waals surface area contributed by atoms with Crippen LogP contribution in [0.1, 0.15) is 15.9 Å². The quantitative estimate of drug-likeness (QED) is 0.593. The maximum absolute atomic E-state index is 12.7. The first-order chi connectivity index (χ1) is 13.8. The molecule has 3 rings (SSSR count). The van der Waals surface area contributed by atoms with E-state index in [9.17, 15) is 13.2 Å². The number of methoxy groups -OCH3 is 1. The van der Waals surface area contributed by atoms with Gasteiger partial charge in [0.1, 0.15) is 5.75 Å². The summed E-state index contributed by atoms with van der Waals surface area (Å²) in [5.41, 5.74) is 1.98. The Morgan fingerprint density at radius 1 is 1.00 bits per heavy atom. The SMILES string of the molecule is COc1ccc(C)cc1NC(=O)c1cccc(S(=O)(=O)Nc2cccc(Cl)c2)c1. The van der Waals surface area contributed by atoms with Crippen molar-refractivity contribution in [2.75, 3.05) is 17.1 Å². The second-order valence-electron chi connectivity index (χ2n) is 6.30. The van der Waals surface area contributed by atoms with Gasteiger partial charge < -0.3 is 10.1 Å². The van der Waals surface area contributed by atoms with Gasteiger partial charge >= 0.3 is 0 Å². The minimum absolute atomic E-state index is 0.0404. The van der Waals surface area contributed by atoms with E-state index in [1.165, 1.54) is 37.4 Å². The third-order valence-electron chi connectivity index (χ3n) is 4.09. The molecule has 0 saturated heterocycles. The van der Waals surface area contributed by atoms with Crippen LogP contribution in [0.5, 0.6) is 5.75 Å². The number of halogens is 1. The molecule has 3 aromatic carbocycles. The van der Waals surface area contributed by atoms with E-state index >= 15 is 0 Å². The largest absolute Gasteiger partial charge is 0.495 e. The van der Waals surface area contributed by atoms with E-state index in [2.05, 4.69) is 10.0 Å². The van der Waals surface area contributed by atoms with Crippen LogP contribution in [0.15, 0.2) is 71.6 Å². The number of sulfonamides is 1. The first kappa shape index (κ1) is 20.7. The zero-order valence-corrected chi connectivity index (χ0v) is 17.3. The maximum atomic E-state index is 12.7. The van der Waals surface area contributed by atoms with Gasteiger partial charge in [-0.3, -0.25) is 9.52 Å². The van der Waals surface area contributed by atoms with Crippen molar-refractivity contribution in [3.63, 3.8) is 0 Å². The zero-order chi connectivity index (χ0) is 21.0. The van der Waals surface area contributed by atoms with Crippen molar-refractivity contribution in [3.05, 3.63) is 82.9 Å². The van der Waals surface area contributed by atoms with Gasteiger partial charge in [-0.1, -0.05) is 29.8 Å². The summed E-state index contributed by atoms with van der Waals surface area (Å²) in [6.07, 6.45) is 0. The summed E-state index contributed by atoms with van der Waals surface area (Å²) in [5, 5.41) is 3.17. The molecule has 2 N–H and O–H groups in total. The van der Waals surface area contributed by atoms with Crippen molar-refractivity contribution in [3.8, 4) is 5.75 Å². The zero-order valence-electron chi connectivity index (χ0n) is 15.8. The van der Waals surface area contributed by atoms with Gasteiger partial charge in [0, 0.05) is 10.6 Å². The number of amides is 1. The summed E-state index contributed by atoms with van der Waals surface area (Å²) in [6.45, 7) is 1.89. The molecule has 0 spiro atoms. The number of aryl methyl sites for hydroxylation is 1. The molecule has 0 atom stereocenters. The molecule has 0 aliphatic heterocycles. The average Bonchev–Trinajstić information content (AvgIpc) is 2.68. The van der Waals surface area contributed by atoms with Crippen molar-refractivity contribution in [1.82, 2.24) is 0 Å². The molecular formula is C21H19ClN2O4S. The first-order valence-corrected chi connectivity index (χ1v) is 10.5. The lowest BCUT2D eigenvalue weighted by atomic mass is 10.1. The van der Waals surface area contributed by atoms with Gasteiger partial charge in [0.05, 0.1) is 23.4 Å². The summed E-state index contributed by atoms with van der Waals surface area (Å²) < 4.78 is 33.1. The minimum atomic E-state index is -3.89. The molecule has 1 amide bonds. The fourth-order valence-electron chi connectivity index (χ4n) is 2.68. The van der Waals surface area contributed by atoms with Crippen LogP contribution in [0, 0.1) is 6.92 Å². The average molecular weight is 431 g/mol. The molecule has 0 radical (unpaired) electrons. The third-order valence-corrected chi connectivity index (χ3v) is 5.70. The first-order valence-electron chi connectivity index (χ1n) is 8.63. The fraction of sp³-hybridized carbons (Fsp3) is 0.0952. The monoisotopic (exact) mass is 430 g/mol. The van der Waals surface area contributed by atoms with Crippen LogP contribution in [0.2, 0.25) is 5.02 Å². The van der Waals surface area contributed by atoms with Gasteiger partial charge in [-0.15, -0.1) is 0 Å². The molecule has 0 heterocycles. The molecule has 0 aliphatic rings. The van der Waals surface area contributed by atoms with Crippen molar-refractivity contribution < 1.29 is 17.9 Å². The Kier molecular flexibility index (Phi) is 6.10. The number of carbonyl (C=O) groups excluding carboxylic acids is 1. The Bertz CT molecular complexity index is 1160. The van der Waals surface area contributed by atoms with Crippen molar-refractivity contribution in [1.29, 1.82) is 0 Å². The maximum Gasteiger partial charge on any atom is 0.261 e. The van der Waals surface area contributed by atoms with Gasteiger partial charge in [0.15, 0.2) is 0 Å². The number of hydrogen-bond donors (Lipinski definition) is 2. The molecule has 0 bridgehead atoms. The van der Waals surface area contributed by atoms with Crippen molar-refractivity contribution >= 4 is 38.9 Å². The lowest BCUT2D eigenvalue weighted by molar-refractivity contribution is 0.102. The minimum Gasteiger partial charge on any atom is -0.495 e. The Labute approximate surface area is 174 Å². The Morgan fingerprint density at radius 2 is 1.76 bits per heavy atom. The molecule has 0 aromatic heterocycles. The highest BCUT2D eigenvalue weighted by molar-refractivity contribution is 7.92. The number of rotatable bonds is 6. The molecule has 0 fully saturated rings. The summed E-state index contributed by atoms with van der Waals surface area (Å²) in [4.78, 5) is 12.6. The highest BCUT2D eigenvalue weighted by atomic mass is 35.5. The van der Waals surface area contributed by atoms with Crippen LogP contribution >= 0.6 is 11.6 Å². The van der Waals surface area contributed by atoms with Crippen LogP contribution in [0.4, 0.5) is 11.4 Å². The van der Waals surface area contributed by atoms with E-state index < -0.39 is 15.9 Å². The van der Waals surface area contributed by atoms with Gasteiger partial charge in [-0.2, -0.15) is 0 Å². The summed E-state index contributed by atoms with van der Waals surface area (Å²) in [6, 6.07) is 17.5. The van der Waals surface area contributed by atoms with Crippen LogP contribution in [0.25, 0.3) is 0 Å². The van der Waals surface area contributed by atoms with E-state index in [1.807, 2.05) is 13.0 Å². The molecule has 150 valence electrons. The number of benzene rings is 3. The fourth-order valence-corrected chi connectivity index (χ4v) is 3.97. The predicted molar refractivity (Wildman–Crippen MR) is 114 cm³/mol. The molecule has 6 nitrogen and oxygen atoms in total.